The fourth-order valence-corrected chi connectivity index (χ4v) is 0.591. The number of terminal acetylenes is 1. The van der Waals surface area contributed by atoms with Crippen molar-refractivity contribution in [3.05, 3.63) is 0 Å². The first-order valence-electron chi connectivity index (χ1n) is 3.56. The van der Waals surface area contributed by atoms with Gasteiger partial charge in [-0.25, -0.2) is 0 Å². The summed E-state index contributed by atoms with van der Waals surface area (Å²) in [7, 11) is 1.32. The Kier molecular flexibility index (Phi) is 5.45. The molecule has 0 aromatic heterocycles. The number of unbranched alkanes of at least 4 members (excludes halogenated alkanes) is 1. The van der Waals surface area contributed by atoms with Crippen molar-refractivity contribution in [1.29, 1.82) is 5.41 Å². The number of hydrogen-bond acceptors (Lipinski definition) is 3. The van der Waals surface area contributed by atoms with Crippen LogP contribution in [-0.4, -0.2) is 19.0 Å². The van der Waals surface area contributed by atoms with E-state index in [9.17, 15) is 4.79 Å². The maximum absolute atomic E-state index is 10.9. The second-order valence-electron chi connectivity index (χ2n) is 2.14. The molecule has 0 saturated carbocycles. The fraction of sp³-hybridized carbons (Fsp3) is 0.500. The van der Waals surface area contributed by atoms with Gasteiger partial charge in [-0.1, -0.05) is 0 Å². The molecule has 1 amide bonds. The maximum Gasteiger partial charge on any atom is 0.288 e. The molecule has 0 aromatic carbocycles. The SMILES string of the molecule is C#CCCCC(=O)NC(=N)OC. The molecule has 0 aliphatic carbocycles. The molecule has 4 heteroatoms. The van der Waals surface area contributed by atoms with Gasteiger partial charge < -0.3 is 4.74 Å². The number of amidine groups is 1. The van der Waals surface area contributed by atoms with Crippen LogP contribution in [-0.2, 0) is 9.53 Å². The van der Waals surface area contributed by atoms with Crippen LogP contribution < -0.4 is 5.32 Å². The zero-order valence-corrected chi connectivity index (χ0v) is 7.02. The molecule has 4 nitrogen and oxygen atoms in total. The van der Waals surface area contributed by atoms with Crippen molar-refractivity contribution < 1.29 is 9.53 Å². The molecule has 0 rings (SSSR count). The number of methoxy groups -OCH3 is 1. The van der Waals surface area contributed by atoms with Crippen LogP contribution in [0.1, 0.15) is 19.3 Å². The van der Waals surface area contributed by atoms with Gasteiger partial charge in [0.2, 0.25) is 5.91 Å². The van der Waals surface area contributed by atoms with E-state index in [0.717, 1.165) is 0 Å². The predicted octanol–water partition coefficient (Wildman–Crippen LogP) is 0.487. The molecule has 0 unspecified atom stereocenters. The molecule has 0 aliphatic heterocycles. The Bertz CT molecular complexity index is 206. The summed E-state index contributed by atoms with van der Waals surface area (Å²) in [5.74, 6) is 2.19. The summed E-state index contributed by atoms with van der Waals surface area (Å²) in [5, 5.41) is 9.20. The molecule has 0 bridgehead atoms. The molecule has 2 N–H and O–H groups in total. The fourth-order valence-electron chi connectivity index (χ4n) is 0.591. The quantitative estimate of drug-likeness (QED) is 0.279. The highest BCUT2D eigenvalue weighted by Gasteiger charge is 2.02. The largest absolute Gasteiger partial charge is 0.468 e. The van der Waals surface area contributed by atoms with Crippen molar-refractivity contribution >= 4 is 11.9 Å². The molecular formula is C8H12N2O2. The van der Waals surface area contributed by atoms with E-state index in [1.807, 2.05) is 0 Å². The van der Waals surface area contributed by atoms with Crippen LogP contribution in [0.2, 0.25) is 0 Å². The number of carbonyl (C=O) groups excluding carboxylic acids is 1. The highest BCUT2D eigenvalue weighted by atomic mass is 16.5. The highest BCUT2D eigenvalue weighted by molar-refractivity contribution is 5.92. The van der Waals surface area contributed by atoms with Crippen LogP contribution in [0.25, 0.3) is 0 Å². The van der Waals surface area contributed by atoms with Crippen molar-refractivity contribution in [3.63, 3.8) is 0 Å². The molecule has 0 fully saturated rings. The standard InChI is InChI=1S/C8H12N2O2/c1-3-4-5-6-7(11)10-8(9)12-2/h1H,4-6H2,2H3,(H2,9,10,11). The Labute approximate surface area is 71.8 Å². The summed E-state index contributed by atoms with van der Waals surface area (Å²) >= 11 is 0. The lowest BCUT2D eigenvalue weighted by Gasteiger charge is -2.02. The van der Waals surface area contributed by atoms with E-state index in [1.54, 1.807) is 0 Å². The van der Waals surface area contributed by atoms with Gasteiger partial charge in [0, 0.05) is 12.8 Å². The van der Waals surface area contributed by atoms with Gasteiger partial charge in [0.1, 0.15) is 0 Å². The first-order valence-corrected chi connectivity index (χ1v) is 3.56. The van der Waals surface area contributed by atoms with E-state index in [2.05, 4.69) is 16.0 Å². The van der Waals surface area contributed by atoms with Crippen molar-refractivity contribution in [2.45, 2.75) is 19.3 Å². The van der Waals surface area contributed by atoms with Crippen LogP contribution >= 0.6 is 0 Å². The molecule has 0 heterocycles. The average Bonchev–Trinajstić information content (AvgIpc) is 2.05. The zero-order valence-electron chi connectivity index (χ0n) is 7.02. The minimum absolute atomic E-state index is 0.235. The Morgan fingerprint density at radius 1 is 1.75 bits per heavy atom. The van der Waals surface area contributed by atoms with Gasteiger partial charge in [0.25, 0.3) is 6.02 Å². The molecule has 0 atom stereocenters. The van der Waals surface area contributed by atoms with Gasteiger partial charge >= 0.3 is 0 Å². The lowest BCUT2D eigenvalue weighted by molar-refractivity contribution is -0.120. The molecule has 0 aromatic rings. The lowest BCUT2D eigenvalue weighted by atomic mass is 10.2. The third kappa shape index (κ3) is 5.30. The van der Waals surface area contributed by atoms with Crippen molar-refractivity contribution in [3.8, 4) is 12.3 Å². The van der Waals surface area contributed by atoms with Gasteiger partial charge in [-0.15, -0.1) is 12.3 Å². The molecule has 0 spiro atoms. The second-order valence-corrected chi connectivity index (χ2v) is 2.14. The van der Waals surface area contributed by atoms with E-state index in [1.165, 1.54) is 7.11 Å². The Morgan fingerprint density at radius 2 is 2.42 bits per heavy atom. The van der Waals surface area contributed by atoms with Crippen LogP contribution in [0.3, 0.4) is 0 Å². The summed E-state index contributed by atoms with van der Waals surface area (Å²) in [4.78, 5) is 10.9. The van der Waals surface area contributed by atoms with Crippen molar-refractivity contribution in [2.24, 2.45) is 0 Å². The number of rotatable bonds is 3. The number of carbonyl (C=O) groups is 1. The van der Waals surface area contributed by atoms with Crippen LogP contribution in [0.15, 0.2) is 0 Å². The molecule has 0 aliphatic rings. The maximum atomic E-state index is 10.9. The molecule has 12 heavy (non-hydrogen) atoms. The summed E-state index contributed by atoms with van der Waals surface area (Å²) in [6.07, 6.45) is 6.54. The lowest BCUT2D eigenvalue weighted by Crippen LogP contribution is -2.30. The number of ether oxygens (including phenoxy) is 1. The zero-order chi connectivity index (χ0) is 9.40. The second kappa shape index (κ2) is 6.23. The summed E-state index contributed by atoms with van der Waals surface area (Å²) in [6, 6.07) is -0.235. The van der Waals surface area contributed by atoms with Crippen LogP contribution in [0.5, 0.6) is 0 Å². The average molecular weight is 168 g/mol. The molecule has 0 saturated heterocycles. The molecular weight excluding hydrogens is 156 g/mol. The van der Waals surface area contributed by atoms with Gasteiger partial charge in [-0.05, 0) is 6.42 Å². The van der Waals surface area contributed by atoms with E-state index in [4.69, 9.17) is 11.8 Å². The highest BCUT2D eigenvalue weighted by Crippen LogP contribution is 1.92. The monoisotopic (exact) mass is 168 g/mol. The third-order valence-electron chi connectivity index (χ3n) is 1.18. The minimum atomic E-state index is -0.239. The van der Waals surface area contributed by atoms with Gasteiger partial charge in [-0.3, -0.25) is 15.5 Å². The summed E-state index contributed by atoms with van der Waals surface area (Å²) < 4.78 is 4.44. The van der Waals surface area contributed by atoms with E-state index >= 15 is 0 Å². The Morgan fingerprint density at radius 3 is 2.92 bits per heavy atom. The minimum Gasteiger partial charge on any atom is -0.468 e. The van der Waals surface area contributed by atoms with Gasteiger partial charge in [0.15, 0.2) is 0 Å². The first kappa shape index (κ1) is 10.5. The number of nitrogens with one attached hydrogen (secondary N) is 2. The topological polar surface area (TPSA) is 62.2 Å². The smallest absolute Gasteiger partial charge is 0.288 e. The van der Waals surface area contributed by atoms with Crippen LogP contribution in [0.4, 0.5) is 0 Å². The Balaban J connectivity index is 3.48. The normalized spacial score (nSPS) is 8.33. The molecule has 0 radical (unpaired) electrons. The first-order chi connectivity index (χ1) is 5.70. The van der Waals surface area contributed by atoms with Crippen molar-refractivity contribution in [2.75, 3.05) is 7.11 Å². The van der Waals surface area contributed by atoms with Crippen molar-refractivity contribution in [1.82, 2.24) is 5.32 Å². The van der Waals surface area contributed by atoms with Crippen LogP contribution in [0, 0.1) is 17.8 Å². The number of hydrogen-bond donors (Lipinski definition) is 2. The number of amides is 1. The Hall–Kier alpha value is -1.50. The van der Waals surface area contributed by atoms with E-state index < -0.39 is 0 Å². The summed E-state index contributed by atoms with van der Waals surface area (Å²) in [5.41, 5.74) is 0. The third-order valence-corrected chi connectivity index (χ3v) is 1.18. The molecule has 66 valence electrons. The van der Waals surface area contributed by atoms with E-state index in [-0.39, 0.29) is 11.9 Å². The predicted molar refractivity (Wildman–Crippen MR) is 45.6 cm³/mol. The van der Waals surface area contributed by atoms with Gasteiger partial charge in [-0.2, -0.15) is 0 Å². The van der Waals surface area contributed by atoms with E-state index in [0.29, 0.717) is 19.3 Å². The summed E-state index contributed by atoms with van der Waals surface area (Å²) in [6.45, 7) is 0. The van der Waals surface area contributed by atoms with Gasteiger partial charge in [0.05, 0.1) is 7.11 Å².